The molecule has 2 heterocycles. The van der Waals surface area contributed by atoms with Crippen LogP contribution in [0.5, 0.6) is 0 Å². The van der Waals surface area contributed by atoms with Crippen molar-refractivity contribution < 1.29 is 4.79 Å². The summed E-state index contributed by atoms with van der Waals surface area (Å²) in [4.78, 5) is 16.8. The maximum Gasteiger partial charge on any atom is 0.224 e. The van der Waals surface area contributed by atoms with Gasteiger partial charge in [-0.3, -0.25) is 4.79 Å². The molecule has 1 aromatic carbocycles. The highest BCUT2D eigenvalue weighted by Crippen LogP contribution is 2.30. The van der Waals surface area contributed by atoms with Gasteiger partial charge in [0.25, 0.3) is 0 Å². The summed E-state index contributed by atoms with van der Waals surface area (Å²) < 4.78 is 2.21. The van der Waals surface area contributed by atoms with Crippen molar-refractivity contribution in [1.82, 2.24) is 9.55 Å². The summed E-state index contributed by atoms with van der Waals surface area (Å²) >= 11 is 1.81. The predicted octanol–water partition coefficient (Wildman–Crippen LogP) is 4.95. The molecule has 1 N–H and O–H groups in total. The van der Waals surface area contributed by atoms with Crippen molar-refractivity contribution in [2.45, 2.75) is 56.6 Å². The van der Waals surface area contributed by atoms with Gasteiger partial charge < -0.3 is 9.88 Å². The molecular formula is C20H25N3OS. The number of nitrogens with one attached hydrogen (secondary N) is 1. The van der Waals surface area contributed by atoms with Gasteiger partial charge in [-0.05, 0) is 24.5 Å². The van der Waals surface area contributed by atoms with Gasteiger partial charge in [-0.2, -0.15) is 0 Å². The molecule has 1 saturated carbocycles. The number of anilines is 1. The van der Waals surface area contributed by atoms with Gasteiger partial charge in [0, 0.05) is 36.2 Å². The lowest BCUT2D eigenvalue weighted by Gasteiger charge is -2.21. The van der Waals surface area contributed by atoms with Crippen LogP contribution >= 0.6 is 11.8 Å². The number of thioether (sulfide) groups is 1. The van der Waals surface area contributed by atoms with Crippen LogP contribution < -0.4 is 5.32 Å². The number of benzene rings is 1. The van der Waals surface area contributed by atoms with Gasteiger partial charge in [0.1, 0.15) is 0 Å². The number of rotatable bonds is 5. The number of carbonyl (C=O) groups is 1. The number of amides is 1. The van der Waals surface area contributed by atoms with E-state index >= 15 is 0 Å². The molecule has 0 atom stereocenters. The quantitative estimate of drug-likeness (QED) is 0.825. The van der Waals surface area contributed by atoms with Crippen LogP contribution in [0.1, 0.15) is 44.9 Å². The minimum atomic E-state index is 0.135. The number of hydrogen-bond acceptors (Lipinski definition) is 3. The van der Waals surface area contributed by atoms with Crippen molar-refractivity contribution >= 4 is 23.4 Å². The number of nitrogens with zero attached hydrogens (tertiary/aromatic N) is 2. The summed E-state index contributed by atoms with van der Waals surface area (Å²) in [7, 11) is 0. The number of aryl methyl sites for hydroxylation is 1. The summed E-state index contributed by atoms with van der Waals surface area (Å²) in [5.74, 6) is 2.01. The van der Waals surface area contributed by atoms with Crippen LogP contribution in [0.3, 0.4) is 0 Å². The van der Waals surface area contributed by atoms with E-state index in [1.807, 2.05) is 24.3 Å². The molecule has 0 bridgehead atoms. The maximum absolute atomic E-state index is 12.2. The minimum absolute atomic E-state index is 0.135. The summed E-state index contributed by atoms with van der Waals surface area (Å²) in [6, 6.07) is 8.04. The number of carbonyl (C=O) groups excluding carboxylic acids is 1. The Labute approximate surface area is 153 Å². The summed E-state index contributed by atoms with van der Waals surface area (Å²) in [5, 5.41) is 4.14. The highest BCUT2D eigenvalue weighted by molar-refractivity contribution is 7.99. The zero-order valence-electron chi connectivity index (χ0n) is 14.5. The molecule has 25 heavy (non-hydrogen) atoms. The van der Waals surface area contributed by atoms with Crippen molar-refractivity contribution in [2.75, 3.05) is 11.1 Å². The van der Waals surface area contributed by atoms with E-state index in [0.717, 1.165) is 46.7 Å². The van der Waals surface area contributed by atoms with Gasteiger partial charge in [0.05, 0.1) is 5.69 Å². The number of aromatic nitrogens is 2. The Hall–Kier alpha value is -1.75. The third kappa shape index (κ3) is 4.09. The van der Waals surface area contributed by atoms with E-state index in [1.54, 1.807) is 11.8 Å². The van der Waals surface area contributed by atoms with Crippen molar-refractivity contribution in [1.29, 1.82) is 0 Å². The Balaban J connectivity index is 1.31. The smallest absolute Gasteiger partial charge is 0.224 e. The first-order valence-electron chi connectivity index (χ1n) is 9.38. The van der Waals surface area contributed by atoms with Crippen molar-refractivity contribution in [3.63, 3.8) is 0 Å². The second kappa shape index (κ2) is 7.65. The fourth-order valence-corrected chi connectivity index (χ4v) is 4.75. The molecule has 1 fully saturated rings. The third-order valence-corrected chi connectivity index (χ3v) is 6.24. The molecule has 132 valence electrons. The number of imidazole rings is 1. The summed E-state index contributed by atoms with van der Waals surface area (Å²) in [6.07, 6.45) is 10.4. The molecule has 1 aromatic heterocycles. The molecule has 1 aliphatic carbocycles. The second-order valence-electron chi connectivity index (χ2n) is 7.12. The van der Waals surface area contributed by atoms with Crippen LogP contribution in [0, 0.1) is 5.92 Å². The van der Waals surface area contributed by atoms with E-state index in [0.29, 0.717) is 6.42 Å². The second-order valence-corrected chi connectivity index (χ2v) is 8.18. The molecule has 1 aliphatic heterocycles. The maximum atomic E-state index is 12.2. The number of hydrogen-bond donors (Lipinski definition) is 1. The molecule has 2 aromatic rings. The van der Waals surface area contributed by atoms with E-state index in [9.17, 15) is 4.79 Å². The van der Waals surface area contributed by atoms with Gasteiger partial charge in [0.15, 0.2) is 5.16 Å². The van der Waals surface area contributed by atoms with Gasteiger partial charge >= 0.3 is 0 Å². The average molecular weight is 356 g/mol. The van der Waals surface area contributed by atoms with Crippen LogP contribution in [0.25, 0.3) is 11.3 Å². The van der Waals surface area contributed by atoms with E-state index in [1.165, 1.54) is 32.1 Å². The minimum Gasteiger partial charge on any atom is -0.326 e. The lowest BCUT2D eigenvalue weighted by atomic mass is 9.86. The topological polar surface area (TPSA) is 46.9 Å². The molecule has 4 nitrogen and oxygen atoms in total. The first-order valence-corrected chi connectivity index (χ1v) is 10.4. The number of fused-ring (bicyclic) bond motifs is 1. The zero-order chi connectivity index (χ0) is 17.1. The van der Waals surface area contributed by atoms with E-state index in [4.69, 9.17) is 0 Å². The Bertz CT molecular complexity index is 710. The van der Waals surface area contributed by atoms with Gasteiger partial charge in [-0.15, -0.1) is 0 Å². The van der Waals surface area contributed by atoms with Crippen LogP contribution in [0.2, 0.25) is 0 Å². The van der Waals surface area contributed by atoms with Crippen molar-refractivity contribution in [3.05, 3.63) is 30.5 Å². The average Bonchev–Trinajstić information content (AvgIpc) is 3.24. The Morgan fingerprint density at radius 1 is 1.20 bits per heavy atom. The van der Waals surface area contributed by atoms with Crippen LogP contribution in [0.4, 0.5) is 5.69 Å². The monoisotopic (exact) mass is 355 g/mol. The van der Waals surface area contributed by atoms with Crippen LogP contribution in [0.15, 0.2) is 35.6 Å². The summed E-state index contributed by atoms with van der Waals surface area (Å²) in [6.45, 7) is 1.04. The molecule has 0 spiro atoms. The Morgan fingerprint density at radius 2 is 2.00 bits per heavy atom. The van der Waals surface area contributed by atoms with Gasteiger partial charge in [0.2, 0.25) is 5.91 Å². The lowest BCUT2D eigenvalue weighted by Crippen LogP contribution is -2.14. The molecule has 0 saturated heterocycles. The fourth-order valence-electron chi connectivity index (χ4n) is 3.81. The normalized spacial score (nSPS) is 17.4. The SMILES string of the molecule is O=C(CCC1CCCCC1)Nc1ccc(-c2cn3c(n2)SCC3)cc1. The Kier molecular flexibility index (Phi) is 5.11. The van der Waals surface area contributed by atoms with Crippen molar-refractivity contribution in [2.24, 2.45) is 5.92 Å². The molecule has 4 rings (SSSR count). The van der Waals surface area contributed by atoms with Gasteiger partial charge in [-0.25, -0.2) is 4.98 Å². The standard InChI is InChI=1S/C20H25N3OS/c24-19(11-6-15-4-2-1-3-5-15)21-17-9-7-16(8-10-17)18-14-23-12-13-25-20(23)22-18/h7-10,14-15H,1-6,11-13H2,(H,21,24). The van der Waals surface area contributed by atoms with E-state index in [2.05, 4.69) is 21.1 Å². The first kappa shape index (κ1) is 16.7. The highest BCUT2D eigenvalue weighted by Gasteiger charge is 2.16. The largest absolute Gasteiger partial charge is 0.326 e. The van der Waals surface area contributed by atoms with Crippen LogP contribution in [-0.4, -0.2) is 21.2 Å². The Morgan fingerprint density at radius 3 is 2.76 bits per heavy atom. The highest BCUT2D eigenvalue weighted by atomic mass is 32.2. The molecule has 0 unspecified atom stereocenters. The van der Waals surface area contributed by atoms with Crippen LogP contribution in [-0.2, 0) is 11.3 Å². The summed E-state index contributed by atoms with van der Waals surface area (Å²) in [5.41, 5.74) is 2.98. The fraction of sp³-hybridized carbons (Fsp3) is 0.500. The molecule has 2 aliphatic rings. The van der Waals surface area contributed by atoms with E-state index < -0.39 is 0 Å². The zero-order valence-corrected chi connectivity index (χ0v) is 15.4. The van der Waals surface area contributed by atoms with E-state index in [-0.39, 0.29) is 5.91 Å². The molecule has 0 radical (unpaired) electrons. The molecule has 5 heteroatoms. The lowest BCUT2D eigenvalue weighted by molar-refractivity contribution is -0.116. The molecule has 1 amide bonds. The molecular weight excluding hydrogens is 330 g/mol. The third-order valence-electron chi connectivity index (χ3n) is 5.27. The predicted molar refractivity (Wildman–Crippen MR) is 103 cm³/mol. The van der Waals surface area contributed by atoms with Crippen molar-refractivity contribution in [3.8, 4) is 11.3 Å². The van der Waals surface area contributed by atoms with Gasteiger partial charge in [-0.1, -0.05) is 56.0 Å². The first-order chi connectivity index (χ1) is 12.3.